The molecule has 3 rings (SSSR count). The van der Waals surface area contributed by atoms with Crippen LogP contribution in [-0.4, -0.2) is 44.2 Å². The van der Waals surface area contributed by atoms with Crippen LogP contribution in [0.2, 0.25) is 0 Å². The molecule has 1 unspecified atom stereocenters. The highest BCUT2D eigenvalue weighted by Gasteiger charge is 2.34. The number of aromatic amines is 1. The molecule has 1 atom stereocenters. The number of nitrogens with one attached hydrogen (secondary N) is 2. The molecule has 0 amide bonds. The zero-order valence-electron chi connectivity index (χ0n) is 16.5. The van der Waals surface area contributed by atoms with Crippen LogP contribution < -0.4 is 16.6 Å². The Morgan fingerprint density at radius 2 is 2.10 bits per heavy atom. The molecule has 30 heavy (non-hydrogen) atoms. The number of sulfone groups is 1. The van der Waals surface area contributed by atoms with E-state index in [4.69, 9.17) is 10.5 Å². The van der Waals surface area contributed by atoms with Gasteiger partial charge in [-0.3, -0.25) is 4.79 Å². The standard InChI is InChI=1S/C20H23N5O4S/c1-30(27,28)15-5-3-14(4-6-15)24-18(22)17-16(7-11-23-19(17)26)25-20(9-10-21)8-2-12-29-13-20/h3-7,11H,2,8-9,12-13H2,1H3,(H2,22,24)(H2,23,25,26). The van der Waals surface area contributed by atoms with Crippen LogP contribution in [0.4, 0.5) is 11.4 Å². The van der Waals surface area contributed by atoms with Crippen molar-refractivity contribution in [2.75, 3.05) is 24.8 Å². The lowest BCUT2D eigenvalue weighted by atomic mass is 9.88. The van der Waals surface area contributed by atoms with Crippen molar-refractivity contribution in [1.82, 2.24) is 4.98 Å². The second-order valence-electron chi connectivity index (χ2n) is 7.25. The minimum absolute atomic E-state index is 0.0321. The average molecular weight is 430 g/mol. The number of hydrogen-bond acceptors (Lipinski definition) is 7. The summed E-state index contributed by atoms with van der Waals surface area (Å²) in [6, 6.07) is 9.73. The van der Waals surface area contributed by atoms with E-state index in [2.05, 4.69) is 21.4 Å². The molecule has 158 valence electrons. The van der Waals surface area contributed by atoms with Crippen LogP contribution in [0.3, 0.4) is 0 Å². The third-order valence-corrected chi connectivity index (χ3v) is 6.00. The molecule has 0 saturated carbocycles. The summed E-state index contributed by atoms with van der Waals surface area (Å²) in [5.41, 5.74) is 6.10. The Kier molecular flexibility index (Phi) is 6.24. The van der Waals surface area contributed by atoms with Crippen molar-refractivity contribution in [2.24, 2.45) is 10.7 Å². The number of nitrogens with zero attached hydrogens (tertiary/aromatic N) is 2. The topological polar surface area (TPSA) is 150 Å². The molecule has 1 aromatic carbocycles. The Bertz CT molecular complexity index is 1140. The number of aromatic nitrogens is 1. The fourth-order valence-electron chi connectivity index (χ4n) is 3.37. The zero-order chi connectivity index (χ0) is 21.8. The molecule has 1 aliphatic rings. The van der Waals surface area contributed by atoms with E-state index in [0.29, 0.717) is 24.6 Å². The Labute approximate surface area is 174 Å². The number of H-pyrrole nitrogens is 1. The number of hydrogen-bond donors (Lipinski definition) is 3. The normalized spacial score (nSPS) is 19.8. The molecule has 10 heteroatoms. The second-order valence-corrected chi connectivity index (χ2v) is 9.27. The van der Waals surface area contributed by atoms with E-state index < -0.39 is 20.9 Å². The van der Waals surface area contributed by atoms with Crippen LogP contribution in [0, 0.1) is 11.3 Å². The van der Waals surface area contributed by atoms with Crippen LogP contribution in [0.15, 0.2) is 51.2 Å². The van der Waals surface area contributed by atoms with Gasteiger partial charge in [0.2, 0.25) is 0 Å². The van der Waals surface area contributed by atoms with Gasteiger partial charge in [-0.15, -0.1) is 0 Å². The molecule has 0 spiro atoms. The summed E-state index contributed by atoms with van der Waals surface area (Å²) in [7, 11) is -3.33. The number of nitrogens with two attached hydrogens (primary N) is 1. The van der Waals surface area contributed by atoms with Gasteiger partial charge < -0.3 is 20.8 Å². The molecular formula is C20H23N5O4S. The number of nitriles is 1. The molecule has 2 aromatic rings. The molecule has 4 N–H and O–H groups in total. The van der Waals surface area contributed by atoms with Gasteiger partial charge in [-0.25, -0.2) is 13.4 Å². The number of aliphatic imine (C=N–C) groups is 1. The van der Waals surface area contributed by atoms with Crippen LogP contribution >= 0.6 is 0 Å². The quantitative estimate of drug-likeness (QED) is 0.467. The van der Waals surface area contributed by atoms with Crippen molar-refractivity contribution in [3.63, 3.8) is 0 Å². The van der Waals surface area contributed by atoms with E-state index in [9.17, 15) is 18.5 Å². The third kappa shape index (κ3) is 4.87. The lowest BCUT2D eigenvalue weighted by Crippen LogP contribution is -2.46. The van der Waals surface area contributed by atoms with Crippen molar-refractivity contribution >= 4 is 27.0 Å². The number of benzene rings is 1. The highest BCUT2D eigenvalue weighted by Crippen LogP contribution is 2.28. The predicted molar refractivity (Wildman–Crippen MR) is 114 cm³/mol. The van der Waals surface area contributed by atoms with E-state index in [0.717, 1.165) is 19.1 Å². The lowest BCUT2D eigenvalue weighted by Gasteiger charge is -2.37. The summed E-state index contributed by atoms with van der Waals surface area (Å²) in [6.07, 6.45) is 4.34. The Balaban J connectivity index is 1.97. The van der Waals surface area contributed by atoms with E-state index in [1.807, 2.05) is 0 Å². The smallest absolute Gasteiger partial charge is 0.261 e. The highest BCUT2D eigenvalue weighted by atomic mass is 32.2. The Morgan fingerprint density at radius 3 is 2.70 bits per heavy atom. The van der Waals surface area contributed by atoms with Gasteiger partial charge in [-0.2, -0.15) is 5.26 Å². The molecule has 0 aliphatic carbocycles. The summed E-state index contributed by atoms with van der Waals surface area (Å²) in [4.78, 5) is 19.6. The molecule has 1 aliphatic heterocycles. The van der Waals surface area contributed by atoms with Crippen LogP contribution in [0.1, 0.15) is 24.8 Å². The molecule has 0 radical (unpaired) electrons. The fraction of sp³-hybridized carbons (Fsp3) is 0.350. The summed E-state index contributed by atoms with van der Waals surface area (Å²) >= 11 is 0. The number of pyridine rings is 1. The van der Waals surface area contributed by atoms with Gasteiger partial charge in [0.1, 0.15) is 11.4 Å². The minimum Gasteiger partial charge on any atom is -0.383 e. The summed E-state index contributed by atoms with van der Waals surface area (Å²) in [5, 5.41) is 12.6. The number of rotatable bonds is 6. The van der Waals surface area contributed by atoms with Crippen molar-refractivity contribution in [2.45, 2.75) is 29.7 Å². The van der Waals surface area contributed by atoms with E-state index >= 15 is 0 Å². The van der Waals surface area contributed by atoms with Gasteiger partial charge in [0.15, 0.2) is 9.84 Å². The van der Waals surface area contributed by atoms with Crippen LogP contribution in [-0.2, 0) is 14.6 Å². The van der Waals surface area contributed by atoms with Gasteiger partial charge in [-0.05, 0) is 43.2 Å². The number of ether oxygens (including phenoxy) is 1. The largest absolute Gasteiger partial charge is 0.383 e. The first-order valence-corrected chi connectivity index (χ1v) is 11.2. The molecular weight excluding hydrogens is 406 g/mol. The number of anilines is 1. The molecule has 1 saturated heterocycles. The molecule has 1 fully saturated rings. The van der Waals surface area contributed by atoms with Gasteiger partial charge in [-0.1, -0.05) is 0 Å². The molecule has 9 nitrogen and oxygen atoms in total. The summed E-state index contributed by atoms with van der Waals surface area (Å²) < 4.78 is 28.8. The average Bonchev–Trinajstić information content (AvgIpc) is 2.68. The van der Waals surface area contributed by atoms with E-state index in [-0.39, 0.29) is 22.7 Å². The van der Waals surface area contributed by atoms with Gasteiger partial charge in [0.05, 0.1) is 40.9 Å². The highest BCUT2D eigenvalue weighted by molar-refractivity contribution is 7.90. The lowest BCUT2D eigenvalue weighted by molar-refractivity contribution is 0.0486. The molecule has 2 heterocycles. The minimum atomic E-state index is -3.33. The third-order valence-electron chi connectivity index (χ3n) is 4.87. The maximum absolute atomic E-state index is 12.5. The Morgan fingerprint density at radius 1 is 1.37 bits per heavy atom. The van der Waals surface area contributed by atoms with Crippen molar-refractivity contribution in [3.05, 3.63) is 52.4 Å². The van der Waals surface area contributed by atoms with Crippen LogP contribution in [0.25, 0.3) is 0 Å². The molecule has 1 aromatic heterocycles. The van der Waals surface area contributed by atoms with Crippen molar-refractivity contribution < 1.29 is 13.2 Å². The van der Waals surface area contributed by atoms with Gasteiger partial charge >= 0.3 is 0 Å². The van der Waals surface area contributed by atoms with E-state index in [1.54, 1.807) is 6.07 Å². The first-order valence-electron chi connectivity index (χ1n) is 9.33. The number of amidine groups is 1. The zero-order valence-corrected chi connectivity index (χ0v) is 17.3. The maximum atomic E-state index is 12.5. The SMILES string of the molecule is CS(=O)(=O)c1ccc(N=C(N)c2c(NC3(CC#N)CCCOC3)cc[nH]c2=O)cc1. The van der Waals surface area contributed by atoms with E-state index in [1.165, 1.54) is 30.5 Å². The monoisotopic (exact) mass is 429 g/mol. The summed E-state index contributed by atoms with van der Waals surface area (Å²) in [6.45, 7) is 0.973. The van der Waals surface area contributed by atoms with Gasteiger partial charge in [0.25, 0.3) is 5.56 Å². The first kappa shape index (κ1) is 21.5. The van der Waals surface area contributed by atoms with Crippen molar-refractivity contribution in [3.8, 4) is 6.07 Å². The second kappa shape index (κ2) is 8.69. The van der Waals surface area contributed by atoms with Gasteiger partial charge in [0, 0.05) is 19.1 Å². The summed E-state index contributed by atoms with van der Waals surface area (Å²) in [5.74, 6) is -0.0321. The first-order chi connectivity index (χ1) is 14.2. The molecule has 0 bridgehead atoms. The van der Waals surface area contributed by atoms with Crippen LogP contribution in [0.5, 0.6) is 0 Å². The fourth-order valence-corrected chi connectivity index (χ4v) is 4.00. The van der Waals surface area contributed by atoms with Crippen molar-refractivity contribution in [1.29, 1.82) is 5.26 Å². The predicted octanol–water partition coefficient (Wildman–Crippen LogP) is 1.69. The maximum Gasteiger partial charge on any atom is 0.261 e. The Hall–Kier alpha value is -3.16.